The molecule has 0 saturated heterocycles. The Balaban J connectivity index is 2.14. The number of hydrogen-bond donors (Lipinski definition) is 0. The summed E-state index contributed by atoms with van der Waals surface area (Å²) < 4.78 is 5.65. The van der Waals surface area contributed by atoms with Crippen molar-refractivity contribution in [3.63, 3.8) is 0 Å². The summed E-state index contributed by atoms with van der Waals surface area (Å²) >= 11 is 12.2. The third kappa shape index (κ3) is 2.64. The topological polar surface area (TPSA) is 9.23 Å². The van der Waals surface area contributed by atoms with Gasteiger partial charge in [-0.25, -0.2) is 0 Å². The molecule has 0 saturated carbocycles. The highest BCUT2D eigenvalue weighted by Gasteiger charge is 2.17. The van der Waals surface area contributed by atoms with Gasteiger partial charge in [-0.15, -0.1) is 11.6 Å². The summed E-state index contributed by atoms with van der Waals surface area (Å²) in [5.74, 6) is 1.05. The van der Waals surface area contributed by atoms with E-state index in [0.29, 0.717) is 0 Å². The van der Waals surface area contributed by atoms with E-state index in [-0.39, 0.29) is 5.38 Å². The van der Waals surface area contributed by atoms with Crippen LogP contribution in [0.1, 0.15) is 30.9 Å². The highest BCUT2D eigenvalue weighted by molar-refractivity contribution is 6.30. The molecule has 0 amide bonds. The molecule has 0 aliphatic carbocycles. The zero-order chi connectivity index (χ0) is 11.5. The van der Waals surface area contributed by atoms with Crippen LogP contribution >= 0.6 is 23.2 Å². The lowest BCUT2D eigenvalue weighted by molar-refractivity contribution is 0.353. The number of benzene rings is 1. The van der Waals surface area contributed by atoms with Crippen LogP contribution < -0.4 is 4.74 Å². The average Bonchev–Trinajstić information content (AvgIpc) is 2.73. The molecule has 0 bridgehead atoms. The number of fused-ring (bicyclic) bond motifs is 1. The van der Waals surface area contributed by atoms with Crippen molar-refractivity contribution in [3.8, 4) is 5.75 Å². The molecular weight excluding hydrogens is 243 g/mol. The maximum Gasteiger partial charge on any atom is 0.125 e. The predicted octanol–water partition coefficient (Wildman–Crippen LogP) is 4.22. The molecule has 16 heavy (non-hydrogen) atoms. The molecule has 1 nitrogen and oxygen atoms in total. The van der Waals surface area contributed by atoms with E-state index in [1.165, 1.54) is 11.1 Å². The minimum Gasteiger partial charge on any atom is -0.493 e. The van der Waals surface area contributed by atoms with Gasteiger partial charge in [-0.2, -0.15) is 0 Å². The molecule has 1 aliphatic rings. The minimum absolute atomic E-state index is 0.246. The summed E-state index contributed by atoms with van der Waals surface area (Å²) in [6, 6.07) is 4.01. The highest BCUT2D eigenvalue weighted by atomic mass is 35.5. The van der Waals surface area contributed by atoms with Crippen LogP contribution in [0, 0.1) is 0 Å². The molecule has 2 rings (SSSR count). The molecule has 0 radical (unpaired) electrons. The fraction of sp³-hybridized carbons (Fsp3) is 0.538. The van der Waals surface area contributed by atoms with E-state index in [4.69, 9.17) is 27.9 Å². The fourth-order valence-corrected chi connectivity index (χ4v) is 2.42. The number of rotatable bonds is 4. The van der Waals surface area contributed by atoms with Gasteiger partial charge in [0.25, 0.3) is 0 Å². The zero-order valence-corrected chi connectivity index (χ0v) is 10.9. The first kappa shape index (κ1) is 12.1. The van der Waals surface area contributed by atoms with Gasteiger partial charge in [-0.05, 0) is 42.5 Å². The van der Waals surface area contributed by atoms with Crippen molar-refractivity contribution >= 4 is 23.2 Å². The van der Waals surface area contributed by atoms with Gasteiger partial charge >= 0.3 is 0 Å². The number of hydrogen-bond acceptors (Lipinski definition) is 1. The van der Waals surface area contributed by atoms with Gasteiger partial charge in [0.1, 0.15) is 5.75 Å². The third-order valence-electron chi connectivity index (χ3n) is 3.00. The Morgan fingerprint density at radius 1 is 1.44 bits per heavy atom. The normalized spacial score (nSPS) is 15.7. The largest absolute Gasteiger partial charge is 0.493 e. The first-order valence-electron chi connectivity index (χ1n) is 5.79. The average molecular weight is 259 g/mol. The minimum atomic E-state index is 0.246. The first-order chi connectivity index (χ1) is 7.70. The van der Waals surface area contributed by atoms with Gasteiger partial charge < -0.3 is 4.74 Å². The summed E-state index contributed by atoms with van der Waals surface area (Å²) in [5.41, 5.74) is 2.45. The van der Waals surface area contributed by atoms with E-state index in [0.717, 1.165) is 43.1 Å². The van der Waals surface area contributed by atoms with Crippen LogP contribution in [0.15, 0.2) is 12.1 Å². The van der Waals surface area contributed by atoms with Crippen molar-refractivity contribution in [3.05, 3.63) is 28.3 Å². The second-order valence-electron chi connectivity index (χ2n) is 4.20. The molecule has 0 fully saturated rings. The molecule has 0 spiro atoms. The second-order valence-corrected chi connectivity index (χ2v) is 5.25. The Bertz CT molecular complexity index is 376. The van der Waals surface area contributed by atoms with Gasteiger partial charge in [-0.1, -0.05) is 18.5 Å². The van der Waals surface area contributed by atoms with Gasteiger partial charge in [0.05, 0.1) is 6.61 Å². The first-order valence-corrected chi connectivity index (χ1v) is 6.60. The second kappa shape index (κ2) is 5.29. The van der Waals surface area contributed by atoms with Crippen molar-refractivity contribution in [1.29, 1.82) is 0 Å². The van der Waals surface area contributed by atoms with E-state index in [9.17, 15) is 0 Å². The molecular formula is C13H16Cl2O. The van der Waals surface area contributed by atoms with Crippen molar-refractivity contribution in [2.45, 2.75) is 38.0 Å². The molecule has 1 heterocycles. The lowest BCUT2D eigenvalue weighted by Crippen LogP contribution is -2.00. The maximum absolute atomic E-state index is 6.13. The van der Waals surface area contributed by atoms with Crippen molar-refractivity contribution in [1.82, 2.24) is 0 Å². The molecule has 1 aromatic carbocycles. The Hall–Kier alpha value is -0.400. The fourth-order valence-electron chi connectivity index (χ4n) is 2.05. The summed E-state index contributed by atoms with van der Waals surface area (Å²) in [7, 11) is 0. The monoisotopic (exact) mass is 258 g/mol. The van der Waals surface area contributed by atoms with E-state index in [1.54, 1.807) is 0 Å². The zero-order valence-electron chi connectivity index (χ0n) is 9.43. The van der Waals surface area contributed by atoms with E-state index in [1.807, 2.05) is 12.1 Å². The van der Waals surface area contributed by atoms with Crippen LogP contribution in [0.3, 0.4) is 0 Å². The Labute approximate surface area is 107 Å². The lowest BCUT2D eigenvalue weighted by atomic mass is 10.0. The quantitative estimate of drug-likeness (QED) is 0.735. The van der Waals surface area contributed by atoms with Crippen molar-refractivity contribution in [2.75, 3.05) is 6.61 Å². The van der Waals surface area contributed by atoms with Crippen LogP contribution in [0.5, 0.6) is 5.75 Å². The molecule has 1 atom stereocenters. The van der Waals surface area contributed by atoms with Gasteiger partial charge in [0, 0.05) is 16.8 Å². The standard InChI is InChI=1S/C13H16Cl2O/c1-2-11(14)4-3-9-7-12(15)8-10-5-6-16-13(9)10/h7-8,11H,2-6H2,1H3. The van der Waals surface area contributed by atoms with Crippen LogP contribution in [-0.2, 0) is 12.8 Å². The smallest absolute Gasteiger partial charge is 0.125 e. The summed E-state index contributed by atoms with van der Waals surface area (Å²) in [6.07, 6.45) is 3.91. The molecule has 88 valence electrons. The molecule has 0 N–H and O–H groups in total. The number of alkyl halides is 1. The molecule has 1 aliphatic heterocycles. The van der Waals surface area contributed by atoms with Crippen LogP contribution in [0.2, 0.25) is 5.02 Å². The van der Waals surface area contributed by atoms with Crippen LogP contribution in [-0.4, -0.2) is 12.0 Å². The number of ether oxygens (including phenoxy) is 1. The predicted molar refractivity (Wildman–Crippen MR) is 68.9 cm³/mol. The van der Waals surface area contributed by atoms with Crippen molar-refractivity contribution in [2.24, 2.45) is 0 Å². The summed E-state index contributed by atoms with van der Waals surface area (Å²) in [6.45, 7) is 2.89. The van der Waals surface area contributed by atoms with E-state index >= 15 is 0 Å². The SMILES string of the molecule is CCC(Cl)CCc1cc(Cl)cc2c1OCC2. The Kier molecular flexibility index (Phi) is 3.99. The summed E-state index contributed by atoms with van der Waals surface area (Å²) in [5, 5.41) is 1.05. The summed E-state index contributed by atoms with van der Waals surface area (Å²) in [4.78, 5) is 0. The molecule has 0 aromatic heterocycles. The molecule has 1 unspecified atom stereocenters. The van der Waals surface area contributed by atoms with Crippen LogP contribution in [0.25, 0.3) is 0 Å². The van der Waals surface area contributed by atoms with E-state index in [2.05, 4.69) is 6.92 Å². The van der Waals surface area contributed by atoms with Crippen molar-refractivity contribution < 1.29 is 4.74 Å². The van der Waals surface area contributed by atoms with Gasteiger partial charge in [0.15, 0.2) is 0 Å². The molecule has 3 heteroatoms. The number of halogens is 2. The van der Waals surface area contributed by atoms with Gasteiger partial charge in [0.2, 0.25) is 0 Å². The third-order valence-corrected chi connectivity index (χ3v) is 3.74. The Morgan fingerprint density at radius 2 is 2.25 bits per heavy atom. The van der Waals surface area contributed by atoms with E-state index < -0.39 is 0 Å². The maximum atomic E-state index is 6.13. The highest BCUT2D eigenvalue weighted by Crippen LogP contribution is 2.34. The lowest BCUT2D eigenvalue weighted by Gasteiger charge is -2.10. The van der Waals surface area contributed by atoms with Gasteiger partial charge in [-0.3, -0.25) is 0 Å². The Morgan fingerprint density at radius 3 is 3.00 bits per heavy atom. The number of aryl methyl sites for hydroxylation is 1. The molecule has 1 aromatic rings. The van der Waals surface area contributed by atoms with Crippen LogP contribution in [0.4, 0.5) is 0 Å².